The highest BCUT2D eigenvalue weighted by molar-refractivity contribution is 7.92. The van der Waals surface area contributed by atoms with Gasteiger partial charge in [-0.05, 0) is 105 Å². The number of aromatic nitrogens is 6. The van der Waals surface area contributed by atoms with Crippen LogP contribution in [0, 0.1) is 17.6 Å². The molecule has 73 heavy (non-hydrogen) atoms. The lowest BCUT2D eigenvalue weighted by Gasteiger charge is -2.32. The maximum atomic E-state index is 15.7. The van der Waals surface area contributed by atoms with Crippen LogP contribution >= 0.6 is 11.6 Å². The third-order valence-corrected chi connectivity index (χ3v) is 15.6. The van der Waals surface area contributed by atoms with Gasteiger partial charge in [-0.1, -0.05) is 29.8 Å². The molecule has 3 aliphatic rings. The van der Waals surface area contributed by atoms with Gasteiger partial charge in [0.15, 0.2) is 5.82 Å². The number of ether oxygens (including phenoxy) is 1. The Morgan fingerprint density at radius 3 is 2.27 bits per heavy atom. The number of hydrogen-bond donors (Lipinski definition) is 1. The first-order chi connectivity index (χ1) is 34.3. The molecule has 1 amide bonds. The number of anilines is 1. The van der Waals surface area contributed by atoms with Gasteiger partial charge in [0.05, 0.1) is 69.7 Å². The summed E-state index contributed by atoms with van der Waals surface area (Å²) in [7, 11) is -2.09. The second-order valence-electron chi connectivity index (χ2n) is 19.6. The van der Waals surface area contributed by atoms with Crippen molar-refractivity contribution < 1.29 is 53.6 Å². The van der Waals surface area contributed by atoms with Gasteiger partial charge in [0, 0.05) is 31.0 Å². The minimum absolute atomic E-state index is 0.00186. The van der Waals surface area contributed by atoms with E-state index in [0.29, 0.717) is 27.5 Å². The molecule has 7 aromatic rings. The number of methoxy groups -OCH3 is 1. The highest BCUT2D eigenvalue weighted by Crippen LogP contribution is 2.68. The van der Waals surface area contributed by atoms with Crippen molar-refractivity contribution in [1.29, 1.82) is 0 Å². The fourth-order valence-electron chi connectivity index (χ4n) is 9.88. The van der Waals surface area contributed by atoms with Crippen molar-refractivity contribution in [3.05, 3.63) is 134 Å². The molecule has 0 bridgehead atoms. The number of amides is 1. The lowest BCUT2D eigenvalue weighted by atomic mass is 9.79. The molecule has 10 rings (SSSR count). The zero-order valence-electron chi connectivity index (χ0n) is 40.2. The summed E-state index contributed by atoms with van der Waals surface area (Å²) in [6.07, 6.45) is -2.75. The van der Waals surface area contributed by atoms with Crippen LogP contribution in [0.15, 0.2) is 77.6 Å². The lowest BCUT2D eigenvalue weighted by Crippen LogP contribution is -2.41. The molecule has 3 aromatic heterocycles. The number of nitrogens with one attached hydrogen (secondary N) is 1. The van der Waals surface area contributed by atoms with Gasteiger partial charge in [0.1, 0.15) is 41.1 Å². The van der Waals surface area contributed by atoms with Gasteiger partial charge >= 0.3 is 7.12 Å². The second-order valence-corrected chi connectivity index (χ2v) is 21.9. The topological polar surface area (TPSA) is 165 Å². The Morgan fingerprint density at radius 2 is 1.64 bits per heavy atom. The third-order valence-electron chi connectivity index (χ3n) is 14.2. The fraction of sp³-hybridized carbons (Fsp3) is 0.367. The Balaban J connectivity index is 1.17. The summed E-state index contributed by atoms with van der Waals surface area (Å²) in [5.41, 5.74) is -3.20. The van der Waals surface area contributed by atoms with Gasteiger partial charge in [0.25, 0.3) is 17.9 Å². The number of aryl methyl sites for hydroxylation is 1. The zero-order valence-corrected chi connectivity index (χ0v) is 41.8. The van der Waals surface area contributed by atoms with Crippen LogP contribution in [-0.4, -0.2) is 75.1 Å². The largest absolute Gasteiger partial charge is 0.497 e. The Bertz CT molecular complexity index is 3560. The molecule has 2 aliphatic carbocycles. The summed E-state index contributed by atoms with van der Waals surface area (Å²) in [6, 6.07) is 15.2. The number of fused-ring (bicyclic) bond motifs is 5. The van der Waals surface area contributed by atoms with E-state index in [2.05, 4.69) is 15.5 Å². The van der Waals surface area contributed by atoms with Gasteiger partial charge in [-0.25, -0.2) is 35.3 Å². The summed E-state index contributed by atoms with van der Waals surface area (Å²) in [5, 5.41) is 11.2. The molecule has 1 N–H and O–H groups in total. The van der Waals surface area contributed by atoms with Crippen molar-refractivity contribution in [2.45, 2.75) is 89.1 Å². The molecule has 382 valence electrons. The van der Waals surface area contributed by atoms with E-state index < -0.39 is 106 Å². The van der Waals surface area contributed by atoms with Crippen molar-refractivity contribution in [1.82, 2.24) is 34.4 Å². The first-order valence-electron chi connectivity index (χ1n) is 23.0. The van der Waals surface area contributed by atoms with E-state index in [1.165, 1.54) is 37.0 Å². The van der Waals surface area contributed by atoms with Crippen molar-refractivity contribution in [3.63, 3.8) is 0 Å². The molecule has 1 saturated heterocycles. The van der Waals surface area contributed by atoms with E-state index >= 15 is 13.6 Å². The molecular weight excluding hydrogens is 1000 g/mol. The highest BCUT2D eigenvalue weighted by Gasteiger charge is 2.67. The quantitative estimate of drug-likeness (QED) is 0.0836. The second kappa shape index (κ2) is 17.6. The van der Waals surface area contributed by atoms with Crippen molar-refractivity contribution in [2.24, 2.45) is 13.0 Å². The number of benzene rings is 4. The van der Waals surface area contributed by atoms with Gasteiger partial charge in [-0.2, -0.15) is 19.0 Å². The Hall–Kier alpha value is -6.43. The SMILES string of the molecule is COc1ccc(CN(c2nn(C)c3c(-n4c([C@H](Cc5cc(F)cc(F)c5)NC(=O)Cn5nc(C(F)F)c6c5C(F)(F)[C@@H]5C[C@H]65)nc5cc(B6OC(C)(C)C(C)(C)O6)ccc5c4=O)ccc(Cl)c23)S(C)(=O)=O)cc1. The number of alkyl halides is 4. The van der Waals surface area contributed by atoms with Gasteiger partial charge < -0.3 is 19.4 Å². The van der Waals surface area contributed by atoms with E-state index in [1.807, 2.05) is 27.7 Å². The Labute approximate surface area is 419 Å². The summed E-state index contributed by atoms with van der Waals surface area (Å²) in [6.45, 7) is 6.19. The lowest BCUT2D eigenvalue weighted by molar-refractivity contribution is -0.123. The molecule has 3 atom stereocenters. The molecule has 24 heteroatoms. The van der Waals surface area contributed by atoms with Crippen LogP contribution in [-0.2, 0) is 56.6 Å². The average molecular weight is 1050 g/mol. The van der Waals surface area contributed by atoms with Crippen LogP contribution in [0.3, 0.4) is 0 Å². The van der Waals surface area contributed by atoms with Crippen LogP contribution in [0.5, 0.6) is 5.75 Å². The van der Waals surface area contributed by atoms with E-state index in [1.54, 1.807) is 36.4 Å². The van der Waals surface area contributed by atoms with E-state index in [4.69, 9.17) is 30.6 Å². The predicted molar refractivity (Wildman–Crippen MR) is 259 cm³/mol. The smallest absolute Gasteiger partial charge is 0.494 e. The van der Waals surface area contributed by atoms with E-state index in [0.717, 1.165) is 27.3 Å². The van der Waals surface area contributed by atoms with Crippen LogP contribution in [0.4, 0.5) is 32.2 Å². The molecular formula is C49H46BClF6N8O7S. The summed E-state index contributed by atoms with van der Waals surface area (Å²) in [5.74, 6) is -8.57. The molecule has 2 fully saturated rings. The van der Waals surface area contributed by atoms with Crippen molar-refractivity contribution >= 4 is 67.7 Å². The van der Waals surface area contributed by atoms with Crippen molar-refractivity contribution in [2.75, 3.05) is 17.7 Å². The number of halogens is 7. The van der Waals surface area contributed by atoms with Crippen LogP contribution in [0.25, 0.3) is 27.5 Å². The van der Waals surface area contributed by atoms with Crippen LogP contribution < -0.4 is 25.4 Å². The number of rotatable bonds is 14. The molecule has 4 heterocycles. The number of carbonyl (C=O) groups excluding carboxylic acids is 1. The van der Waals surface area contributed by atoms with Gasteiger partial charge in [0.2, 0.25) is 15.9 Å². The number of carbonyl (C=O) groups is 1. The zero-order chi connectivity index (χ0) is 52.4. The van der Waals surface area contributed by atoms with Crippen LogP contribution in [0.2, 0.25) is 5.02 Å². The van der Waals surface area contributed by atoms with E-state index in [9.17, 15) is 30.8 Å². The maximum absolute atomic E-state index is 15.7. The first kappa shape index (κ1) is 50.1. The summed E-state index contributed by atoms with van der Waals surface area (Å²) in [4.78, 5) is 34.8. The maximum Gasteiger partial charge on any atom is 0.494 e. The van der Waals surface area contributed by atoms with Gasteiger partial charge in [-0.3, -0.25) is 23.5 Å². The average Bonchev–Trinajstić information content (AvgIpc) is 3.73. The molecule has 0 spiro atoms. The highest BCUT2D eigenvalue weighted by atomic mass is 35.5. The summed E-state index contributed by atoms with van der Waals surface area (Å²) >= 11 is 6.95. The number of nitrogens with zero attached hydrogens (tertiary/aromatic N) is 7. The molecule has 1 aliphatic heterocycles. The Morgan fingerprint density at radius 1 is 0.973 bits per heavy atom. The molecule has 0 radical (unpaired) electrons. The molecule has 15 nitrogen and oxygen atoms in total. The standard InChI is InChI=1S/C49H46BClF6N8O7S/c1-47(2)48(3,4)72-50(71-47)26-10-13-30-34(19-26)59-44(35(18-25-16-27(52)20-28(53)17-25)58-37(66)23-63-42-38(40(60-63)43(54)55)31-21-32(31)49(42,56)57)65(46(30)67)36-15-14-33(51)39-41(36)62(5)61-45(39)64(73(7,68)69)22-24-8-11-29(70-6)12-9-24/h8-17,19-20,31-32,35,43H,18,21-23H2,1-7H3,(H,58,66)/t31-,32+,35-/m0/s1. The normalized spacial score (nSPS) is 18.9. The molecule has 0 unspecified atom stereocenters. The monoisotopic (exact) mass is 1050 g/mol. The molecule has 1 saturated carbocycles. The molecule has 4 aromatic carbocycles. The summed E-state index contributed by atoms with van der Waals surface area (Å²) < 4.78 is 139. The first-order valence-corrected chi connectivity index (χ1v) is 25.2. The minimum atomic E-state index is -4.12. The van der Waals surface area contributed by atoms with Crippen LogP contribution in [0.1, 0.15) is 86.4 Å². The Kier molecular flexibility index (Phi) is 12.1. The minimum Gasteiger partial charge on any atom is -0.497 e. The number of hydrogen-bond acceptors (Lipinski definition) is 10. The predicted octanol–water partition coefficient (Wildman–Crippen LogP) is 7.92. The van der Waals surface area contributed by atoms with Gasteiger partial charge in [-0.15, -0.1) is 0 Å². The third kappa shape index (κ3) is 8.70. The fourth-order valence-corrected chi connectivity index (χ4v) is 10.9. The van der Waals surface area contributed by atoms with E-state index in [-0.39, 0.29) is 68.3 Å². The number of sulfonamides is 1. The van der Waals surface area contributed by atoms with Crippen molar-refractivity contribution in [3.8, 4) is 11.4 Å².